The SMILES string of the molecule is CC(=O)CC1CCC(=O)N1C1CCCCC1. The Labute approximate surface area is 97.2 Å². The minimum atomic E-state index is 0.202. The molecule has 0 aromatic heterocycles. The molecular weight excluding hydrogens is 202 g/mol. The number of carbonyl (C=O) groups excluding carboxylic acids is 2. The van der Waals surface area contributed by atoms with Crippen molar-refractivity contribution in [2.75, 3.05) is 0 Å². The van der Waals surface area contributed by atoms with Gasteiger partial charge in [0.1, 0.15) is 5.78 Å². The van der Waals surface area contributed by atoms with E-state index in [1.165, 1.54) is 19.3 Å². The number of Topliss-reactive ketones (excluding diaryl/α,β-unsaturated/α-hetero) is 1. The third kappa shape index (κ3) is 2.45. The summed E-state index contributed by atoms with van der Waals surface area (Å²) in [5.41, 5.74) is 0. The van der Waals surface area contributed by atoms with E-state index in [9.17, 15) is 9.59 Å². The Morgan fingerprint density at radius 1 is 1.25 bits per heavy atom. The average Bonchev–Trinajstić information content (AvgIpc) is 2.60. The number of likely N-dealkylation sites (tertiary alicyclic amines) is 1. The fraction of sp³-hybridized carbons (Fsp3) is 0.846. The van der Waals surface area contributed by atoms with Crippen LogP contribution in [0.4, 0.5) is 0 Å². The van der Waals surface area contributed by atoms with E-state index in [2.05, 4.69) is 0 Å². The fourth-order valence-corrected chi connectivity index (χ4v) is 3.16. The first-order valence-electron chi connectivity index (χ1n) is 6.49. The van der Waals surface area contributed by atoms with Crippen LogP contribution in [0.1, 0.15) is 58.3 Å². The second-order valence-electron chi connectivity index (χ2n) is 5.19. The van der Waals surface area contributed by atoms with Crippen LogP contribution < -0.4 is 0 Å². The lowest BCUT2D eigenvalue weighted by molar-refractivity contribution is -0.132. The van der Waals surface area contributed by atoms with Crippen molar-refractivity contribution in [3.05, 3.63) is 0 Å². The van der Waals surface area contributed by atoms with Gasteiger partial charge in [-0.15, -0.1) is 0 Å². The summed E-state index contributed by atoms with van der Waals surface area (Å²) in [5.74, 6) is 0.485. The molecule has 1 saturated heterocycles. The van der Waals surface area contributed by atoms with Gasteiger partial charge >= 0.3 is 0 Å². The van der Waals surface area contributed by atoms with E-state index < -0.39 is 0 Å². The molecule has 1 aliphatic heterocycles. The highest BCUT2D eigenvalue weighted by atomic mass is 16.2. The first-order valence-corrected chi connectivity index (χ1v) is 6.49. The van der Waals surface area contributed by atoms with Crippen LogP contribution in [0.2, 0.25) is 0 Å². The highest BCUT2D eigenvalue weighted by Gasteiger charge is 2.36. The summed E-state index contributed by atoms with van der Waals surface area (Å²) in [6.45, 7) is 1.63. The van der Waals surface area contributed by atoms with Crippen LogP contribution in [0.15, 0.2) is 0 Å². The van der Waals surface area contributed by atoms with Gasteiger partial charge in [-0.2, -0.15) is 0 Å². The minimum Gasteiger partial charge on any atom is -0.336 e. The van der Waals surface area contributed by atoms with Crippen molar-refractivity contribution < 1.29 is 9.59 Å². The van der Waals surface area contributed by atoms with Crippen molar-refractivity contribution in [3.8, 4) is 0 Å². The summed E-state index contributed by atoms with van der Waals surface area (Å²) in [4.78, 5) is 25.1. The number of hydrogen-bond acceptors (Lipinski definition) is 2. The molecule has 1 atom stereocenters. The van der Waals surface area contributed by atoms with Crippen molar-refractivity contribution >= 4 is 11.7 Å². The number of nitrogens with zero attached hydrogens (tertiary/aromatic N) is 1. The number of rotatable bonds is 3. The lowest BCUT2D eigenvalue weighted by Crippen LogP contribution is -2.43. The summed E-state index contributed by atoms with van der Waals surface area (Å²) in [6.07, 6.45) is 8.14. The van der Waals surface area contributed by atoms with Gasteiger partial charge in [0, 0.05) is 24.9 Å². The summed E-state index contributed by atoms with van der Waals surface area (Å²) in [7, 11) is 0. The number of ketones is 1. The van der Waals surface area contributed by atoms with Crippen LogP contribution in [0.3, 0.4) is 0 Å². The molecule has 2 aliphatic rings. The van der Waals surface area contributed by atoms with Gasteiger partial charge in [0.05, 0.1) is 0 Å². The van der Waals surface area contributed by atoms with E-state index in [0.717, 1.165) is 19.3 Å². The Morgan fingerprint density at radius 3 is 2.56 bits per heavy atom. The molecule has 0 N–H and O–H groups in total. The largest absolute Gasteiger partial charge is 0.336 e. The van der Waals surface area contributed by atoms with Crippen molar-refractivity contribution in [1.29, 1.82) is 0 Å². The van der Waals surface area contributed by atoms with E-state index in [0.29, 0.717) is 18.9 Å². The van der Waals surface area contributed by atoms with Crippen LogP contribution in [0.25, 0.3) is 0 Å². The fourth-order valence-electron chi connectivity index (χ4n) is 3.16. The van der Waals surface area contributed by atoms with Crippen LogP contribution in [0.5, 0.6) is 0 Å². The maximum absolute atomic E-state index is 11.9. The summed E-state index contributed by atoms with van der Waals surface area (Å²) in [6, 6.07) is 0.626. The van der Waals surface area contributed by atoms with E-state index in [1.807, 2.05) is 4.90 Å². The monoisotopic (exact) mass is 223 g/mol. The molecule has 2 fully saturated rings. The van der Waals surface area contributed by atoms with Crippen molar-refractivity contribution in [2.24, 2.45) is 0 Å². The van der Waals surface area contributed by atoms with Crippen molar-refractivity contribution in [1.82, 2.24) is 4.90 Å². The van der Waals surface area contributed by atoms with Crippen LogP contribution in [-0.2, 0) is 9.59 Å². The second-order valence-corrected chi connectivity index (χ2v) is 5.19. The van der Waals surface area contributed by atoms with Crippen molar-refractivity contribution in [2.45, 2.75) is 70.4 Å². The molecule has 1 amide bonds. The predicted octanol–water partition coefficient (Wildman–Crippen LogP) is 2.29. The summed E-state index contributed by atoms with van der Waals surface area (Å²) < 4.78 is 0. The topological polar surface area (TPSA) is 37.4 Å². The normalized spacial score (nSPS) is 27.4. The first kappa shape index (κ1) is 11.6. The minimum absolute atomic E-state index is 0.202. The molecule has 2 rings (SSSR count). The Kier molecular flexibility index (Phi) is 3.62. The predicted molar refractivity (Wildman–Crippen MR) is 62.0 cm³/mol. The average molecular weight is 223 g/mol. The zero-order valence-corrected chi connectivity index (χ0v) is 10.1. The summed E-state index contributed by atoms with van der Waals surface area (Å²) in [5, 5.41) is 0. The molecule has 1 aliphatic carbocycles. The van der Waals surface area contributed by atoms with Gasteiger partial charge < -0.3 is 4.90 Å². The highest BCUT2D eigenvalue weighted by molar-refractivity contribution is 5.82. The first-order chi connectivity index (χ1) is 7.68. The van der Waals surface area contributed by atoms with Gasteiger partial charge in [-0.25, -0.2) is 0 Å². The van der Waals surface area contributed by atoms with Crippen LogP contribution >= 0.6 is 0 Å². The molecule has 1 saturated carbocycles. The van der Waals surface area contributed by atoms with E-state index in [1.54, 1.807) is 6.92 Å². The molecule has 0 spiro atoms. The maximum atomic E-state index is 11.9. The third-order valence-corrected chi connectivity index (χ3v) is 3.86. The molecule has 0 aromatic rings. The lowest BCUT2D eigenvalue weighted by Gasteiger charge is -2.35. The van der Waals surface area contributed by atoms with Gasteiger partial charge in [0.25, 0.3) is 0 Å². The van der Waals surface area contributed by atoms with Gasteiger partial charge in [-0.05, 0) is 26.2 Å². The quantitative estimate of drug-likeness (QED) is 0.736. The molecular formula is C13H21NO2. The van der Waals surface area contributed by atoms with Crippen LogP contribution in [-0.4, -0.2) is 28.7 Å². The zero-order valence-electron chi connectivity index (χ0n) is 10.1. The molecule has 1 heterocycles. The molecule has 1 unspecified atom stereocenters. The molecule has 3 nitrogen and oxygen atoms in total. The van der Waals surface area contributed by atoms with E-state index in [4.69, 9.17) is 0 Å². The van der Waals surface area contributed by atoms with Gasteiger partial charge in [-0.3, -0.25) is 9.59 Å². The zero-order chi connectivity index (χ0) is 11.5. The second kappa shape index (κ2) is 4.98. The Hall–Kier alpha value is -0.860. The standard InChI is InChI=1S/C13H21NO2/c1-10(15)9-12-7-8-13(16)14(12)11-5-3-2-4-6-11/h11-12H,2-9H2,1H3. The van der Waals surface area contributed by atoms with Gasteiger partial charge in [0.2, 0.25) is 5.91 Å². The number of amides is 1. The number of carbonyl (C=O) groups is 2. The molecule has 0 bridgehead atoms. The maximum Gasteiger partial charge on any atom is 0.223 e. The Balaban J connectivity index is 2.02. The molecule has 90 valence electrons. The number of hydrogen-bond donors (Lipinski definition) is 0. The molecule has 3 heteroatoms. The lowest BCUT2D eigenvalue weighted by atomic mass is 9.93. The molecule has 0 aromatic carbocycles. The third-order valence-electron chi connectivity index (χ3n) is 3.86. The molecule has 0 radical (unpaired) electrons. The Bertz CT molecular complexity index is 282. The smallest absolute Gasteiger partial charge is 0.223 e. The Morgan fingerprint density at radius 2 is 1.94 bits per heavy atom. The summed E-state index contributed by atoms with van der Waals surface area (Å²) >= 11 is 0. The van der Waals surface area contributed by atoms with Gasteiger partial charge in [0.15, 0.2) is 0 Å². The van der Waals surface area contributed by atoms with Crippen molar-refractivity contribution in [3.63, 3.8) is 0 Å². The molecule has 16 heavy (non-hydrogen) atoms. The van der Waals surface area contributed by atoms with Gasteiger partial charge in [-0.1, -0.05) is 19.3 Å². The highest BCUT2D eigenvalue weighted by Crippen LogP contribution is 2.31. The van der Waals surface area contributed by atoms with E-state index in [-0.39, 0.29) is 17.7 Å². The van der Waals surface area contributed by atoms with E-state index >= 15 is 0 Å². The van der Waals surface area contributed by atoms with Crippen LogP contribution in [0, 0.1) is 0 Å².